The summed E-state index contributed by atoms with van der Waals surface area (Å²) in [4.78, 5) is 22.8. The highest BCUT2D eigenvalue weighted by Gasteiger charge is 2.25. The van der Waals surface area contributed by atoms with Crippen molar-refractivity contribution in [2.45, 2.75) is 46.2 Å². The molecule has 0 aliphatic heterocycles. The molecule has 0 saturated heterocycles. The zero-order chi connectivity index (χ0) is 22.0. The number of anilines is 1. The Morgan fingerprint density at radius 3 is 2.32 bits per heavy atom. The van der Waals surface area contributed by atoms with E-state index in [0.29, 0.717) is 35.0 Å². The van der Waals surface area contributed by atoms with E-state index in [4.69, 9.17) is 15.7 Å². The van der Waals surface area contributed by atoms with Crippen molar-refractivity contribution in [3.63, 3.8) is 0 Å². The van der Waals surface area contributed by atoms with Gasteiger partial charge in [0.05, 0.1) is 11.0 Å². The number of fused-ring (bicyclic) bond motifs is 2. The summed E-state index contributed by atoms with van der Waals surface area (Å²) in [7, 11) is 0. The first-order chi connectivity index (χ1) is 14.9. The first kappa shape index (κ1) is 20.8. The summed E-state index contributed by atoms with van der Waals surface area (Å²) >= 11 is 0. The lowest BCUT2D eigenvalue weighted by Gasteiger charge is -2.14. The van der Waals surface area contributed by atoms with Gasteiger partial charge < -0.3 is 15.6 Å². The number of nitrogens with zero attached hydrogens (tertiary/aromatic N) is 3. The second-order valence-electron chi connectivity index (χ2n) is 8.55. The minimum absolute atomic E-state index is 0.00372. The minimum Gasteiger partial charge on any atom is -0.384 e. The highest BCUT2D eigenvalue weighted by Crippen LogP contribution is 2.28. The summed E-state index contributed by atoms with van der Waals surface area (Å²) in [6, 6.07) is 18.0. The maximum Gasteiger partial charge on any atom is 0.257 e. The molecule has 31 heavy (non-hydrogen) atoms. The number of hydrogen-bond acceptors (Lipinski definition) is 4. The number of carbonyl (C=O) groups is 1. The summed E-state index contributed by atoms with van der Waals surface area (Å²) in [6.07, 6.45) is 1.74. The Morgan fingerprint density at radius 2 is 1.65 bits per heavy atom. The van der Waals surface area contributed by atoms with Gasteiger partial charge in [0.15, 0.2) is 5.65 Å². The van der Waals surface area contributed by atoms with Crippen molar-refractivity contribution in [3.05, 3.63) is 65.7 Å². The Hall–Kier alpha value is -3.41. The van der Waals surface area contributed by atoms with Crippen LogP contribution in [0.2, 0.25) is 0 Å². The first-order valence-corrected chi connectivity index (χ1v) is 10.8. The molecule has 3 N–H and O–H groups in total. The summed E-state index contributed by atoms with van der Waals surface area (Å²) in [5.74, 6) is 0.578. The lowest BCUT2D eigenvalue weighted by atomic mass is 10.1. The third kappa shape index (κ3) is 4.38. The maximum atomic E-state index is 13.3. The molecule has 6 nitrogen and oxygen atoms in total. The van der Waals surface area contributed by atoms with Crippen LogP contribution >= 0.6 is 0 Å². The van der Waals surface area contributed by atoms with E-state index < -0.39 is 0 Å². The second kappa shape index (κ2) is 8.76. The molecule has 0 aliphatic rings. The van der Waals surface area contributed by atoms with Crippen LogP contribution in [0.1, 0.15) is 43.1 Å². The molecular formula is C25H29N5O. The Morgan fingerprint density at radius 1 is 1.00 bits per heavy atom. The Balaban J connectivity index is 1.65. The van der Waals surface area contributed by atoms with Gasteiger partial charge in [-0.25, -0.2) is 9.97 Å². The van der Waals surface area contributed by atoms with Crippen LogP contribution in [0.3, 0.4) is 0 Å². The fraction of sp³-hybridized carbons (Fsp3) is 0.320. The van der Waals surface area contributed by atoms with E-state index in [9.17, 15) is 4.79 Å². The molecule has 2 aromatic carbocycles. The zero-order valence-electron chi connectivity index (χ0n) is 18.3. The molecule has 0 radical (unpaired) electrons. The van der Waals surface area contributed by atoms with Gasteiger partial charge in [0.25, 0.3) is 5.91 Å². The van der Waals surface area contributed by atoms with E-state index in [0.717, 1.165) is 23.9 Å². The minimum atomic E-state index is -0.199. The van der Waals surface area contributed by atoms with E-state index in [2.05, 4.69) is 31.3 Å². The lowest BCUT2D eigenvalue weighted by Crippen LogP contribution is -2.33. The number of para-hydroxylation sites is 2. The van der Waals surface area contributed by atoms with Crippen molar-refractivity contribution < 1.29 is 4.79 Å². The summed E-state index contributed by atoms with van der Waals surface area (Å²) in [5.41, 5.74) is 10.9. The van der Waals surface area contributed by atoms with Gasteiger partial charge >= 0.3 is 0 Å². The molecule has 0 fully saturated rings. The quantitative estimate of drug-likeness (QED) is 0.463. The fourth-order valence-corrected chi connectivity index (χ4v) is 3.89. The first-order valence-electron chi connectivity index (χ1n) is 10.8. The van der Waals surface area contributed by atoms with Crippen LogP contribution in [-0.2, 0) is 13.0 Å². The van der Waals surface area contributed by atoms with Gasteiger partial charge in [0.1, 0.15) is 16.9 Å². The van der Waals surface area contributed by atoms with Crippen LogP contribution in [0, 0.1) is 5.92 Å². The molecule has 1 amide bonds. The maximum absolute atomic E-state index is 13.3. The zero-order valence-corrected chi connectivity index (χ0v) is 18.3. The van der Waals surface area contributed by atoms with Crippen molar-refractivity contribution in [3.8, 4) is 0 Å². The lowest BCUT2D eigenvalue weighted by molar-refractivity contribution is 0.0940. The molecule has 1 unspecified atom stereocenters. The largest absolute Gasteiger partial charge is 0.384 e. The highest BCUT2D eigenvalue weighted by atomic mass is 16.1. The number of nitrogens with two attached hydrogens (primary N) is 1. The number of aromatic nitrogens is 3. The number of aryl methyl sites for hydroxylation is 1. The van der Waals surface area contributed by atoms with Crippen LogP contribution in [-0.4, -0.2) is 26.5 Å². The fourth-order valence-electron chi connectivity index (χ4n) is 3.89. The molecule has 2 aromatic heterocycles. The number of rotatable bonds is 7. The van der Waals surface area contributed by atoms with Crippen LogP contribution in [0.4, 0.5) is 5.82 Å². The van der Waals surface area contributed by atoms with E-state index in [1.54, 1.807) is 0 Å². The van der Waals surface area contributed by atoms with E-state index in [1.807, 2.05) is 54.0 Å². The Labute approximate surface area is 182 Å². The third-order valence-electron chi connectivity index (χ3n) is 5.45. The molecular weight excluding hydrogens is 386 g/mol. The van der Waals surface area contributed by atoms with Gasteiger partial charge in [-0.2, -0.15) is 0 Å². The summed E-state index contributed by atoms with van der Waals surface area (Å²) in [5, 5.41) is 3.11. The van der Waals surface area contributed by atoms with Crippen LogP contribution < -0.4 is 11.1 Å². The number of carbonyl (C=O) groups excluding carboxylic acids is 1. The van der Waals surface area contributed by atoms with Crippen LogP contribution in [0.5, 0.6) is 0 Å². The molecule has 0 saturated carbocycles. The molecule has 4 rings (SSSR count). The van der Waals surface area contributed by atoms with E-state index >= 15 is 0 Å². The van der Waals surface area contributed by atoms with Gasteiger partial charge in [0.2, 0.25) is 0 Å². The third-order valence-corrected chi connectivity index (χ3v) is 5.45. The SMILES string of the molecule is CC(C)Cn1c(N)c(C(=O)NC(C)CCc2ccccc2)c2nc3ccccc3nc21. The average Bonchev–Trinajstić information content (AvgIpc) is 3.01. The molecule has 1 atom stereocenters. The van der Waals surface area contributed by atoms with Crippen molar-refractivity contribution in [1.82, 2.24) is 19.9 Å². The summed E-state index contributed by atoms with van der Waals surface area (Å²) < 4.78 is 1.92. The molecule has 0 bridgehead atoms. The Bertz CT molecular complexity index is 1210. The standard InChI is InChI=1S/C25H29N5O/c1-16(2)15-30-23(26)21(22-24(30)29-20-12-8-7-11-19(20)28-22)25(31)27-17(3)13-14-18-9-5-4-6-10-18/h4-12,16-17H,13-15,26H2,1-3H3,(H,27,31). The number of nitrogens with one attached hydrogen (secondary N) is 1. The van der Waals surface area contributed by atoms with Gasteiger partial charge in [-0.15, -0.1) is 0 Å². The van der Waals surface area contributed by atoms with Crippen molar-refractivity contribution in [2.24, 2.45) is 5.92 Å². The monoisotopic (exact) mass is 415 g/mol. The predicted octanol–water partition coefficient (Wildman–Crippen LogP) is 4.57. The second-order valence-corrected chi connectivity index (χ2v) is 8.55. The number of hydrogen-bond donors (Lipinski definition) is 2. The Kier molecular flexibility index (Phi) is 5.89. The van der Waals surface area contributed by atoms with Crippen LogP contribution in [0.15, 0.2) is 54.6 Å². The highest BCUT2D eigenvalue weighted by molar-refractivity contribution is 6.10. The van der Waals surface area contributed by atoms with Crippen molar-refractivity contribution in [2.75, 3.05) is 5.73 Å². The number of benzene rings is 2. The molecule has 6 heteroatoms. The van der Waals surface area contributed by atoms with Crippen molar-refractivity contribution in [1.29, 1.82) is 0 Å². The number of amides is 1. The molecule has 0 spiro atoms. The molecule has 160 valence electrons. The van der Waals surface area contributed by atoms with Crippen LogP contribution in [0.25, 0.3) is 22.2 Å². The van der Waals surface area contributed by atoms with E-state index in [-0.39, 0.29) is 11.9 Å². The molecule has 4 aromatic rings. The number of nitrogen functional groups attached to an aromatic ring is 1. The van der Waals surface area contributed by atoms with Gasteiger partial charge in [-0.1, -0.05) is 56.3 Å². The topological polar surface area (TPSA) is 85.8 Å². The van der Waals surface area contributed by atoms with Gasteiger partial charge in [-0.3, -0.25) is 4.79 Å². The van der Waals surface area contributed by atoms with E-state index in [1.165, 1.54) is 5.56 Å². The van der Waals surface area contributed by atoms with Crippen molar-refractivity contribution >= 4 is 33.9 Å². The normalized spacial score (nSPS) is 12.5. The molecule has 2 heterocycles. The predicted molar refractivity (Wildman–Crippen MR) is 126 cm³/mol. The summed E-state index contributed by atoms with van der Waals surface area (Å²) in [6.45, 7) is 6.92. The smallest absolute Gasteiger partial charge is 0.257 e. The average molecular weight is 416 g/mol. The molecule has 0 aliphatic carbocycles. The van der Waals surface area contributed by atoms with Gasteiger partial charge in [-0.05, 0) is 43.4 Å². The van der Waals surface area contributed by atoms with Gasteiger partial charge in [0, 0.05) is 12.6 Å².